The van der Waals surface area contributed by atoms with Crippen LogP contribution in [0.4, 0.5) is 5.69 Å². The molecule has 1 amide bonds. The van der Waals surface area contributed by atoms with Gasteiger partial charge in [0.05, 0.1) is 24.7 Å². The van der Waals surface area contributed by atoms with E-state index in [-0.39, 0.29) is 28.6 Å². The molecule has 158 valence electrons. The zero-order valence-electron chi connectivity index (χ0n) is 16.1. The highest BCUT2D eigenvalue weighted by molar-refractivity contribution is 7.89. The Morgan fingerprint density at radius 1 is 1.21 bits per heavy atom. The second kappa shape index (κ2) is 9.51. The minimum absolute atomic E-state index is 0. The Hall–Kier alpha value is -1.23. The number of ether oxygens (including phenoxy) is 1. The third-order valence-corrected chi connectivity index (χ3v) is 7.16. The van der Waals surface area contributed by atoms with Crippen molar-refractivity contribution >= 4 is 34.0 Å². The Bertz CT molecular complexity index is 768. The average molecular weight is 433 g/mol. The molecule has 8 nitrogen and oxygen atoms in total. The molecule has 1 unspecified atom stereocenters. The van der Waals surface area contributed by atoms with Crippen LogP contribution in [0.25, 0.3) is 0 Å². The summed E-state index contributed by atoms with van der Waals surface area (Å²) in [5, 5.41) is 2.83. The van der Waals surface area contributed by atoms with Crippen LogP contribution in [0.3, 0.4) is 0 Å². The molecule has 0 aromatic heterocycles. The molecule has 2 aliphatic rings. The number of hydrogen-bond donors (Lipinski definition) is 2. The van der Waals surface area contributed by atoms with Crippen molar-refractivity contribution in [2.45, 2.75) is 18.2 Å². The van der Waals surface area contributed by atoms with Gasteiger partial charge in [-0.2, -0.15) is 4.31 Å². The number of rotatable bonds is 6. The van der Waals surface area contributed by atoms with E-state index in [2.05, 4.69) is 17.1 Å². The summed E-state index contributed by atoms with van der Waals surface area (Å²) in [6, 6.07) is 6.31. The fourth-order valence-corrected chi connectivity index (χ4v) is 4.89. The van der Waals surface area contributed by atoms with Crippen LogP contribution in [0.5, 0.6) is 0 Å². The smallest absolute Gasteiger partial charge is 0.243 e. The molecular weight excluding hydrogens is 404 g/mol. The Morgan fingerprint density at radius 3 is 2.43 bits per heavy atom. The van der Waals surface area contributed by atoms with E-state index < -0.39 is 10.0 Å². The first-order chi connectivity index (χ1) is 12.8. The maximum absolute atomic E-state index is 12.6. The van der Waals surface area contributed by atoms with Gasteiger partial charge in [0.2, 0.25) is 15.9 Å². The minimum atomic E-state index is -3.52. The number of morpholine rings is 1. The molecule has 2 saturated heterocycles. The van der Waals surface area contributed by atoms with Gasteiger partial charge < -0.3 is 15.8 Å². The number of likely N-dealkylation sites (tertiary alicyclic amines) is 1. The lowest BCUT2D eigenvalue weighted by Gasteiger charge is -2.26. The third kappa shape index (κ3) is 5.43. The van der Waals surface area contributed by atoms with Crippen molar-refractivity contribution in [2.24, 2.45) is 11.1 Å². The molecule has 1 atom stereocenters. The Kier molecular flexibility index (Phi) is 7.83. The number of nitrogens with two attached hydrogens (primary N) is 1. The van der Waals surface area contributed by atoms with Crippen molar-refractivity contribution in [3.8, 4) is 0 Å². The molecule has 2 aliphatic heterocycles. The van der Waals surface area contributed by atoms with E-state index in [1.54, 1.807) is 12.1 Å². The van der Waals surface area contributed by atoms with E-state index in [4.69, 9.17) is 10.5 Å². The number of nitrogens with zero attached hydrogens (tertiary/aromatic N) is 2. The number of anilines is 1. The lowest BCUT2D eigenvalue weighted by Crippen LogP contribution is -2.40. The van der Waals surface area contributed by atoms with Crippen molar-refractivity contribution in [2.75, 3.05) is 57.8 Å². The van der Waals surface area contributed by atoms with Gasteiger partial charge in [0.25, 0.3) is 0 Å². The molecule has 2 fully saturated rings. The fraction of sp³-hybridized carbons (Fsp3) is 0.611. The zero-order valence-corrected chi connectivity index (χ0v) is 17.7. The molecule has 0 aliphatic carbocycles. The van der Waals surface area contributed by atoms with Gasteiger partial charge in [0, 0.05) is 25.3 Å². The summed E-state index contributed by atoms with van der Waals surface area (Å²) in [4.78, 5) is 14.6. The summed E-state index contributed by atoms with van der Waals surface area (Å²) >= 11 is 0. The molecule has 10 heteroatoms. The quantitative estimate of drug-likeness (QED) is 0.686. The van der Waals surface area contributed by atoms with Gasteiger partial charge in [-0.1, -0.05) is 6.92 Å². The predicted molar refractivity (Wildman–Crippen MR) is 110 cm³/mol. The molecule has 28 heavy (non-hydrogen) atoms. The van der Waals surface area contributed by atoms with E-state index in [9.17, 15) is 13.2 Å². The van der Waals surface area contributed by atoms with E-state index in [1.807, 2.05) is 0 Å². The van der Waals surface area contributed by atoms with E-state index in [0.29, 0.717) is 45.1 Å². The molecular formula is C18H29ClN4O4S. The molecule has 1 aromatic rings. The van der Waals surface area contributed by atoms with Gasteiger partial charge in [0.1, 0.15) is 0 Å². The predicted octanol–water partition coefficient (Wildman–Crippen LogP) is 0.739. The Morgan fingerprint density at radius 2 is 1.86 bits per heavy atom. The van der Waals surface area contributed by atoms with E-state index in [0.717, 1.165) is 19.5 Å². The summed E-state index contributed by atoms with van der Waals surface area (Å²) in [6.07, 6.45) is 0.991. The van der Waals surface area contributed by atoms with Crippen molar-refractivity contribution in [3.63, 3.8) is 0 Å². The standard InChI is InChI=1S/C18H28N4O4S.ClH/c1-18(13-19)6-7-21(14-18)12-17(23)20-15-2-4-16(5-3-15)27(24,25)22-8-10-26-11-9-22;/h2-5H,6-14,19H2,1H3,(H,20,23);1H. The zero-order chi connectivity index (χ0) is 19.5. The first-order valence-electron chi connectivity index (χ1n) is 9.23. The average Bonchev–Trinajstić information content (AvgIpc) is 3.04. The van der Waals surface area contributed by atoms with Crippen LogP contribution in [0.1, 0.15) is 13.3 Å². The lowest BCUT2D eigenvalue weighted by atomic mass is 9.90. The Labute approximate surface area is 172 Å². The van der Waals surface area contributed by atoms with Crippen LogP contribution in [-0.2, 0) is 19.6 Å². The number of hydrogen-bond acceptors (Lipinski definition) is 6. The van der Waals surface area contributed by atoms with Crippen LogP contribution in [0, 0.1) is 5.41 Å². The summed E-state index contributed by atoms with van der Waals surface area (Å²) in [5.41, 5.74) is 6.47. The molecule has 3 N–H and O–H groups in total. The normalized spacial score (nSPS) is 23.9. The summed E-state index contributed by atoms with van der Waals surface area (Å²) in [7, 11) is -3.52. The summed E-state index contributed by atoms with van der Waals surface area (Å²) in [5.74, 6) is -0.111. The number of carbonyl (C=O) groups excluding carboxylic acids is 1. The topological polar surface area (TPSA) is 105 Å². The molecule has 2 heterocycles. The maximum Gasteiger partial charge on any atom is 0.243 e. The second-order valence-electron chi connectivity index (χ2n) is 7.56. The highest BCUT2D eigenvalue weighted by Gasteiger charge is 2.33. The highest BCUT2D eigenvalue weighted by atomic mass is 35.5. The van der Waals surface area contributed by atoms with Gasteiger partial charge in [-0.3, -0.25) is 9.69 Å². The molecule has 0 spiro atoms. The summed E-state index contributed by atoms with van der Waals surface area (Å²) < 4.78 is 31.8. The van der Waals surface area contributed by atoms with Crippen LogP contribution < -0.4 is 11.1 Å². The van der Waals surface area contributed by atoms with Crippen LogP contribution in [0.2, 0.25) is 0 Å². The maximum atomic E-state index is 12.6. The van der Waals surface area contributed by atoms with Crippen molar-refractivity contribution in [1.29, 1.82) is 0 Å². The van der Waals surface area contributed by atoms with E-state index in [1.165, 1.54) is 16.4 Å². The summed E-state index contributed by atoms with van der Waals surface area (Å²) in [6.45, 7) is 6.27. The van der Waals surface area contributed by atoms with Crippen LogP contribution >= 0.6 is 12.4 Å². The third-order valence-electron chi connectivity index (χ3n) is 5.24. The SMILES string of the molecule is CC1(CN)CCN(CC(=O)Nc2ccc(S(=O)(=O)N3CCOCC3)cc2)C1.Cl. The highest BCUT2D eigenvalue weighted by Crippen LogP contribution is 2.28. The van der Waals surface area contributed by atoms with Crippen molar-refractivity contribution in [1.82, 2.24) is 9.21 Å². The minimum Gasteiger partial charge on any atom is -0.379 e. The van der Waals surface area contributed by atoms with Gasteiger partial charge in [-0.05, 0) is 49.2 Å². The number of sulfonamides is 1. The molecule has 0 bridgehead atoms. The first kappa shape index (κ1) is 23.1. The largest absolute Gasteiger partial charge is 0.379 e. The monoisotopic (exact) mass is 432 g/mol. The van der Waals surface area contributed by atoms with Crippen molar-refractivity contribution < 1.29 is 17.9 Å². The van der Waals surface area contributed by atoms with Gasteiger partial charge >= 0.3 is 0 Å². The van der Waals surface area contributed by atoms with Crippen LogP contribution in [0.15, 0.2) is 29.2 Å². The van der Waals surface area contributed by atoms with Gasteiger partial charge in [-0.25, -0.2) is 8.42 Å². The molecule has 0 saturated carbocycles. The number of amides is 1. The number of halogens is 1. The number of nitrogens with one attached hydrogen (secondary N) is 1. The molecule has 1 aromatic carbocycles. The van der Waals surface area contributed by atoms with Crippen molar-refractivity contribution in [3.05, 3.63) is 24.3 Å². The Balaban J connectivity index is 0.00000280. The van der Waals surface area contributed by atoms with E-state index >= 15 is 0 Å². The molecule has 0 radical (unpaired) electrons. The first-order valence-corrected chi connectivity index (χ1v) is 10.7. The number of benzene rings is 1. The molecule has 3 rings (SSSR count). The lowest BCUT2D eigenvalue weighted by molar-refractivity contribution is -0.117. The van der Waals surface area contributed by atoms with Gasteiger partial charge in [0.15, 0.2) is 0 Å². The van der Waals surface area contributed by atoms with Crippen LogP contribution in [-0.4, -0.2) is 76.0 Å². The van der Waals surface area contributed by atoms with Gasteiger partial charge in [-0.15, -0.1) is 12.4 Å². The second-order valence-corrected chi connectivity index (χ2v) is 9.50. The number of carbonyl (C=O) groups is 1. The fourth-order valence-electron chi connectivity index (χ4n) is 3.48.